The van der Waals surface area contributed by atoms with Gasteiger partial charge in [0, 0.05) is 17.3 Å². The summed E-state index contributed by atoms with van der Waals surface area (Å²) in [7, 11) is -3.67. The molecule has 0 radical (unpaired) electrons. The highest BCUT2D eigenvalue weighted by Gasteiger charge is 2.24. The SMILES string of the molecule is O=C(NC1CC1)c1cccc(NS(=O)(=O)c2ccc3c(c2)CCC3)c1. The van der Waals surface area contributed by atoms with Gasteiger partial charge in [0.1, 0.15) is 0 Å². The summed E-state index contributed by atoms with van der Waals surface area (Å²) in [5, 5.41) is 2.90. The molecule has 25 heavy (non-hydrogen) atoms. The fraction of sp³-hybridized carbons (Fsp3) is 0.316. The van der Waals surface area contributed by atoms with Gasteiger partial charge >= 0.3 is 0 Å². The predicted molar refractivity (Wildman–Crippen MR) is 96.2 cm³/mol. The number of carbonyl (C=O) groups excluding carboxylic acids is 1. The molecule has 2 aromatic carbocycles. The highest BCUT2D eigenvalue weighted by Crippen LogP contribution is 2.26. The number of fused-ring (bicyclic) bond motifs is 1. The minimum absolute atomic E-state index is 0.166. The van der Waals surface area contributed by atoms with Gasteiger partial charge in [-0.2, -0.15) is 0 Å². The molecule has 6 heteroatoms. The van der Waals surface area contributed by atoms with E-state index < -0.39 is 10.0 Å². The monoisotopic (exact) mass is 356 g/mol. The van der Waals surface area contributed by atoms with Crippen LogP contribution in [0, 0.1) is 0 Å². The zero-order chi connectivity index (χ0) is 17.4. The minimum atomic E-state index is -3.67. The largest absolute Gasteiger partial charge is 0.349 e. The first-order valence-corrected chi connectivity index (χ1v) is 10.1. The molecule has 2 aromatic rings. The molecule has 1 amide bonds. The molecular formula is C19H20N2O3S. The second kappa shape index (κ2) is 6.19. The van der Waals surface area contributed by atoms with Crippen molar-refractivity contribution in [2.75, 3.05) is 4.72 Å². The minimum Gasteiger partial charge on any atom is -0.349 e. The van der Waals surface area contributed by atoms with Gasteiger partial charge in [-0.05, 0) is 73.6 Å². The molecule has 0 saturated heterocycles. The van der Waals surface area contributed by atoms with Gasteiger partial charge in [-0.3, -0.25) is 9.52 Å². The van der Waals surface area contributed by atoms with Crippen molar-refractivity contribution in [1.82, 2.24) is 5.32 Å². The van der Waals surface area contributed by atoms with Gasteiger partial charge in [-0.25, -0.2) is 8.42 Å². The molecule has 0 spiro atoms. The highest BCUT2D eigenvalue weighted by atomic mass is 32.2. The third-order valence-electron chi connectivity index (χ3n) is 4.67. The van der Waals surface area contributed by atoms with Crippen molar-refractivity contribution in [3.05, 3.63) is 59.2 Å². The van der Waals surface area contributed by atoms with E-state index in [1.165, 1.54) is 5.56 Å². The molecule has 0 aromatic heterocycles. The molecule has 5 nitrogen and oxygen atoms in total. The van der Waals surface area contributed by atoms with Crippen LogP contribution >= 0.6 is 0 Å². The van der Waals surface area contributed by atoms with Crippen LogP contribution in [0.4, 0.5) is 5.69 Å². The number of amides is 1. The number of carbonyl (C=O) groups is 1. The van der Waals surface area contributed by atoms with Crippen LogP contribution in [0.3, 0.4) is 0 Å². The molecule has 1 fully saturated rings. The van der Waals surface area contributed by atoms with Crippen LogP contribution in [0.25, 0.3) is 0 Å². The lowest BCUT2D eigenvalue weighted by Gasteiger charge is -2.11. The highest BCUT2D eigenvalue weighted by molar-refractivity contribution is 7.92. The summed E-state index contributed by atoms with van der Waals surface area (Å²) >= 11 is 0. The summed E-state index contributed by atoms with van der Waals surface area (Å²) in [5.74, 6) is -0.166. The van der Waals surface area contributed by atoms with Crippen molar-refractivity contribution in [2.24, 2.45) is 0 Å². The Hall–Kier alpha value is -2.34. The summed E-state index contributed by atoms with van der Waals surface area (Å²) in [6.07, 6.45) is 5.04. The molecular weight excluding hydrogens is 336 g/mol. The lowest BCUT2D eigenvalue weighted by molar-refractivity contribution is 0.0951. The number of anilines is 1. The van der Waals surface area contributed by atoms with Crippen LogP contribution < -0.4 is 10.0 Å². The first-order valence-electron chi connectivity index (χ1n) is 8.57. The Kier molecular flexibility index (Phi) is 4.00. The molecule has 2 N–H and O–H groups in total. The fourth-order valence-corrected chi connectivity index (χ4v) is 4.25. The molecule has 0 atom stereocenters. The van der Waals surface area contributed by atoms with Crippen LogP contribution in [0.1, 0.15) is 40.7 Å². The summed E-state index contributed by atoms with van der Waals surface area (Å²) in [6, 6.07) is 12.2. The number of benzene rings is 2. The molecule has 0 aliphatic heterocycles. The number of aryl methyl sites for hydroxylation is 2. The van der Waals surface area contributed by atoms with E-state index in [9.17, 15) is 13.2 Å². The van der Waals surface area contributed by atoms with Gasteiger partial charge in [-0.1, -0.05) is 12.1 Å². The summed E-state index contributed by atoms with van der Waals surface area (Å²) < 4.78 is 27.9. The Morgan fingerprint density at radius 3 is 2.60 bits per heavy atom. The van der Waals surface area contributed by atoms with Crippen molar-refractivity contribution in [3.8, 4) is 0 Å². The maximum atomic E-state index is 12.7. The molecule has 4 rings (SSSR count). The Labute approximate surface area is 147 Å². The van der Waals surface area contributed by atoms with E-state index in [0.717, 1.165) is 37.7 Å². The number of hydrogen-bond acceptors (Lipinski definition) is 3. The van der Waals surface area contributed by atoms with E-state index in [-0.39, 0.29) is 16.8 Å². The third-order valence-corrected chi connectivity index (χ3v) is 6.05. The lowest BCUT2D eigenvalue weighted by Crippen LogP contribution is -2.25. The van der Waals surface area contributed by atoms with Gasteiger partial charge in [-0.15, -0.1) is 0 Å². The second-order valence-electron chi connectivity index (χ2n) is 6.72. The normalized spacial score (nSPS) is 16.3. The molecule has 2 aliphatic carbocycles. The quantitative estimate of drug-likeness (QED) is 0.865. The van der Waals surface area contributed by atoms with Gasteiger partial charge in [0.2, 0.25) is 0 Å². The smallest absolute Gasteiger partial charge is 0.261 e. The van der Waals surface area contributed by atoms with Crippen LogP contribution in [0.2, 0.25) is 0 Å². The average molecular weight is 356 g/mol. The molecule has 130 valence electrons. The van der Waals surface area contributed by atoms with Gasteiger partial charge in [0.15, 0.2) is 0 Å². The number of nitrogens with one attached hydrogen (secondary N) is 2. The Bertz CT molecular complexity index is 933. The predicted octanol–water partition coefficient (Wildman–Crippen LogP) is 2.87. The van der Waals surface area contributed by atoms with Crippen LogP contribution in [-0.4, -0.2) is 20.4 Å². The van der Waals surface area contributed by atoms with E-state index >= 15 is 0 Å². The van der Waals surface area contributed by atoms with Crippen LogP contribution in [0.15, 0.2) is 47.4 Å². The lowest BCUT2D eigenvalue weighted by atomic mass is 10.1. The Balaban J connectivity index is 1.55. The third kappa shape index (κ3) is 3.54. The zero-order valence-corrected chi connectivity index (χ0v) is 14.6. The van der Waals surface area contributed by atoms with Gasteiger partial charge < -0.3 is 5.32 Å². The Morgan fingerprint density at radius 1 is 1.00 bits per heavy atom. The molecule has 2 aliphatic rings. The molecule has 0 unspecified atom stereocenters. The average Bonchev–Trinajstić information content (AvgIpc) is 3.27. The summed E-state index contributed by atoms with van der Waals surface area (Å²) in [4.78, 5) is 12.4. The van der Waals surface area contributed by atoms with Crippen molar-refractivity contribution in [1.29, 1.82) is 0 Å². The van der Waals surface area contributed by atoms with Crippen LogP contribution in [0.5, 0.6) is 0 Å². The van der Waals surface area contributed by atoms with Crippen molar-refractivity contribution >= 4 is 21.6 Å². The summed E-state index contributed by atoms with van der Waals surface area (Å²) in [5.41, 5.74) is 3.20. The Morgan fingerprint density at radius 2 is 1.80 bits per heavy atom. The van der Waals surface area contributed by atoms with Crippen molar-refractivity contribution < 1.29 is 13.2 Å². The number of sulfonamides is 1. The van der Waals surface area contributed by atoms with E-state index in [0.29, 0.717) is 11.3 Å². The van der Waals surface area contributed by atoms with E-state index in [2.05, 4.69) is 10.0 Å². The second-order valence-corrected chi connectivity index (χ2v) is 8.40. The molecule has 1 saturated carbocycles. The van der Waals surface area contributed by atoms with E-state index in [4.69, 9.17) is 0 Å². The van der Waals surface area contributed by atoms with Crippen LogP contribution in [-0.2, 0) is 22.9 Å². The number of rotatable bonds is 5. The maximum absolute atomic E-state index is 12.7. The topological polar surface area (TPSA) is 75.3 Å². The molecule has 0 bridgehead atoms. The van der Waals surface area contributed by atoms with Gasteiger partial charge in [0.25, 0.3) is 15.9 Å². The number of hydrogen-bond donors (Lipinski definition) is 2. The standard InChI is InChI=1S/C19H20N2O3S/c22-19(20-16-8-9-16)15-5-2-6-17(11-15)21-25(23,24)18-10-7-13-3-1-4-14(13)12-18/h2,5-7,10-12,16,21H,1,3-4,8-9H2,(H,20,22). The van der Waals surface area contributed by atoms with E-state index in [1.807, 2.05) is 6.07 Å². The summed E-state index contributed by atoms with van der Waals surface area (Å²) in [6.45, 7) is 0. The first-order chi connectivity index (χ1) is 12.0. The van der Waals surface area contributed by atoms with Gasteiger partial charge in [0.05, 0.1) is 4.90 Å². The molecule has 0 heterocycles. The first kappa shape index (κ1) is 16.1. The van der Waals surface area contributed by atoms with E-state index in [1.54, 1.807) is 36.4 Å². The fourth-order valence-electron chi connectivity index (χ4n) is 3.15. The maximum Gasteiger partial charge on any atom is 0.261 e. The van der Waals surface area contributed by atoms with Crippen molar-refractivity contribution in [2.45, 2.75) is 43.0 Å². The zero-order valence-electron chi connectivity index (χ0n) is 13.8. The van der Waals surface area contributed by atoms with Crippen molar-refractivity contribution in [3.63, 3.8) is 0 Å².